The predicted octanol–water partition coefficient (Wildman–Crippen LogP) is 4.32. The molecule has 0 aromatic heterocycles. The molecule has 0 aromatic carbocycles. The molecule has 0 heterocycles. The van der Waals surface area contributed by atoms with Gasteiger partial charge in [-0.15, -0.1) is 0 Å². The third kappa shape index (κ3) is 5.42. The van der Waals surface area contributed by atoms with E-state index in [1.54, 1.807) is 0 Å². The molecular weight excluding hydrogens is 206 g/mol. The first kappa shape index (κ1) is 15.0. The summed E-state index contributed by atoms with van der Waals surface area (Å²) in [4.78, 5) is 0. The van der Waals surface area contributed by atoms with Gasteiger partial charge in [-0.2, -0.15) is 0 Å². The van der Waals surface area contributed by atoms with Crippen LogP contribution in [0.3, 0.4) is 0 Å². The lowest BCUT2D eigenvalue weighted by Gasteiger charge is -2.32. The summed E-state index contributed by atoms with van der Waals surface area (Å²) in [7, 11) is 4.86. The largest absolute Gasteiger partial charge is 0.326 e. The van der Waals surface area contributed by atoms with Crippen LogP contribution in [-0.4, -0.2) is 31.2 Å². The topological polar surface area (TPSA) is 0 Å². The maximum absolute atomic E-state index is 2.43. The van der Waals surface area contributed by atoms with Gasteiger partial charge in [0, 0.05) is 18.3 Å². The van der Waals surface area contributed by atoms with Crippen molar-refractivity contribution in [3.63, 3.8) is 0 Å². The van der Waals surface area contributed by atoms with E-state index in [0.29, 0.717) is 0 Å². The second kappa shape index (κ2) is 6.22. The fraction of sp³-hybridized carbons (Fsp3) is 1.00. The Balaban J connectivity index is 2.15. The standard InChI is InChI=1S/C16H34N/c1-13(2)9-7-8-10-15-11-16(15)17(5,6)12-14(3)4/h13-16H,7-12H2,1-6H3/q+1. The number of hydrogen-bond donors (Lipinski definition) is 0. The molecule has 0 aromatic rings. The summed E-state index contributed by atoms with van der Waals surface area (Å²) in [6, 6.07) is 0.969. The summed E-state index contributed by atoms with van der Waals surface area (Å²) in [6.07, 6.45) is 7.29. The second-order valence-corrected chi connectivity index (χ2v) is 7.60. The van der Waals surface area contributed by atoms with Crippen LogP contribution in [0.1, 0.15) is 59.8 Å². The van der Waals surface area contributed by atoms with Crippen molar-refractivity contribution in [2.45, 2.75) is 65.8 Å². The van der Waals surface area contributed by atoms with Gasteiger partial charge in [-0.05, 0) is 12.3 Å². The minimum Gasteiger partial charge on any atom is -0.326 e. The van der Waals surface area contributed by atoms with Crippen LogP contribution < -0.4 is 0 Å². The fourth-order valence-corrected chi connectivity index (χ4v) is 3.43. The zero-order chi connectivity index (χ0) is 13.1. The fourth-order valence-electron chi connectivity index (χ4n) is 3.43. The van der Waals surface area contributed by atoms with E-state index in [1.807, 2.05) is 0 Å². The Bertz CT molecular complexity index is 218. The Morgan fingerprint density at radius 3 is 2.18 bits per heavy atom. The monoisotopic (exact) mass is 240 g/mol. The Morgan fingerprint density at radius 1 is 1.00 bits per heavy atom. The van der Waals surface area contributed by atoms with Crippen LogP contribution in [0.2, 0.25) is 0 Å². The Morgan fingerprint density at radius 2 is 1.65 bits per heavy atom. The molecule has 2 unspecified atom stereocenters. The number of quaternary nitrogens is 1. The van der Waals surface area contributed by atoms with Gasteiger partial charge in [0.15, 0.2) is 0 Å². The maximum atomic E-state index is 2.43. The van der Waals surface area contributed by atoms with Gasteiger partial charge < -0.3 is 4.48 Å². The summed E-state index contributed by atoms with van der Waals surface area (Å²) < 4.78 is 1.26. The van der Waals surface area contributed by atoms with Crippen molar-refractivity contribution in [2.24, 2.45) is 17.8 Å². The molecule has 1 fully saturated rings. The maximum Gasteiger partial charge on any atom is 0.0922 e. The van der Waals surface area contributed by atoms with Crippen molar-refractivity contribution in [1.29, 1.82) is 0 Å². The minimum atomic E-state index is 0.826. The summed E-state index contributed by atoms with van der Waals surface area (Å²) in [6.45, 7) is 10.7. The molecule has 1 nitrogen and oxygen atoms in total. The van der Waals surface area contributed by atoms with Crippen LogP contribution in [-0.2, 0) is 0 Å². The van der Waals surface area contributed by atoms with E-state index in [9.17, 15) is 0 Å². The van der Waals surface area contributed by atoms with Crippen molar-refractivity contribution < 1.29 is 4.48 Å². The molecule has 0 spiro atoms. The van der Waals surface area contributed by atoms with Crippen molar-refractivity contribution >= 4 is 0 Å². The number of unbranched alkanes of at least 4 members (excludes halogenated alkanes) is 1. The first-order chi connectivity index (χ1) is 7.83. The molecule has 0 amide bonds. The molecule has 102 valence electrons. The summed E-state index contributed by atoms with van der Waals surface area (Å²) in [5.41, 5.74) is 0. The van der Waals surface area contributed by atoms with Gasteiger partial charge >= 0.3 is 0 Å². The van der Waals surface area contributed by atoms with Crippen LogP contribution in [0.4, 0.5) is 0 Å². The molecule has 1 aliphatic rings. The zero-order valence-corrected chi connectivity index (χ0v) is 13.0. The first-order valence-electron chi connectivity index (χ1n) is 7.65. The van der Waals surface area contributed by atoms with Crippen LogP contribution in [0.15, 0.2) is 0 Å². The SMILES string of the molecule is CC(C)CCCCC1CC1[N+](C)(C)CC(C)C. The molecule has 0 saturated heterocycles. The smallest absolute Gasteiger partial charge is 0.0922 e. The lowest BCUT2D eigenvalue weighted by atomic mass is 10.0. The van der Waals surface area contributed by atoms with Crippen LogP contribution in [0, 0.1) is 17.8 Å². The quantitative estimate of drug-likeness (QED) is 0.438. The van der Waals surface area contributed by atoms with E-state index in [-0.39, 0.29) is 0 Å². The average Bonchev–Trinajstić information content (AvgIpc) is 2.89. The van der Waals surface area contributed by atoms with E-state index in [4.69, 9.17) is 0 Å². The lowest BCUT2D eigenvalue weighted by Crippen LogP contribution is -2.45. The van der Waals surface area contributed by atoms with Crippen molar-refractivity contribution in [3.05, 3.63) is 0 Å². The van der Waals surface area contributed by atoms with E-state index in [1.165, 1.54) is 43.1 Å². The molecule has 17 heavy (non-hydrogen) atoms. The molecule has 1 heteroatoms. The number of hydrogen-bond acceptors (Lipinski definition) is 0. The molecule has 0 bridgehead atoms. The molecule has 0 aliphatic heterocycles. The van der Waals surface area contributed by atoms with Crippen molar-refractivity contribution in [2.75, 3.05) is 20.6 Å². The summed E-state index contributed by atoms with van der Waals surface area (Å²) in [5, 5.41) is 0. The molecule has 0 radical (unpaired) electrons. The Labute approximate surface area is 109 Å². The summed E-state index contributed by atoms with van der Waals surface area (Å²) in [5.74, 6) is 2.75. The summed E-state index contributed by atoms with van der Waals surface area (Å²) >= 11 is 0. The molecule has 1 aliphatic carbocycles. The normalized spacial score (nSPS) is 24.7. The highest BCUT2D eigenvalue weighted by Crippen LogP contribution is 2.42. The van der Waals surface area contributed by atoms with Crippen LogP contribution >= 0.6 is 0 Å². The van der Waals surface area contributed by atoms with Crippen LogP contribution in [0.25, 0.3) is 0 Å². The molecule has 2 atom stereocenters. The van der Waals surface area contributed by atoms with E-state index >= 15 is 0 Å². The Kier molecular flexibility index (Phi) is 5.50. The third-order valence-electron chi connectivity index (χ3n) is 4.23. The number of nitrogens with zero attached hydrogens (tertiary/aromatic N) is 1. The van der Waals surface area contributed by atoms with E-state index in [0.717, 1.165) is 23.8 Å². The Hall–Kier alpha value is -0.0400. The second-order valence-electron chi connectivity index (χ2n) is 7.60. The average molecular weight is 240 g/mol. The van der Waals surface area contributed by atoms with Gasteiger partial charge in [0.2, 0.25) is 0 Å². The molecular formula is C16H34N+. The molecule has 1 saturated carbocycles. The number of rotatable bonds is 8. The molecule has 1 rings (SSSR count). The highest BCUT2D eigenvalue weighted by molar-refractivity contribution is 4.87. The van der Waals surface area contributed by atoms with E-state index < -0.39 is 0 Å². The minimum absolute atomic E-state index is 0.826. The molecule has 0 N–H and O–H groups in total. The van der Waals surface area contributed by atoms with Gasteiger partial charge in [-0.25, -0.2) is 0 Å². The van der Waals surface area contributed by atoms with Crippen LogP contribution in [0.5, 0.6) is 0 Å². The first-order valence-corrected chi connectivity index (χ1v) is 7.65. The van der Waals surface area contributed by atoms with Gasteiger partial charge in [0.1, 0.15) is 0 Å². The predicted molar refractivity (Wildman–Crippen MR) is 77.0 cm³/mol. The van der Waals surface area contributed by atoms with Gasteiger partial charge in [0.25, 0.3) is 0 Å². The highest BCUT2D eigenvalue weighted by Gasteiger charge is 2.48. The lowest BCUT2D eigenvalue weighted by molar-refractivity contribution is -0.905. The zero-order valence-electron chi connectivity index (χ0n) is 13.0. The van der Waals surface area contributed by atoms with E-state index in [2.05, 4.69) is 41.8 Å². The van der Waals surface area contributed by atoms with Crippen molar-refractivity contribution in [1.82, 2.24) is 0 Å². The van der Waals surface area contributed by atoms with Gasteiger partial charge in [0.05, 0.1) is 26.7 Å². The highest BCUT2D eigenvalue weighted by atomic mass is 15.4. The van der Waals surface area contributed by atoms with Gasteiger partial charge in [-0.3, -0.25) is 0 Å². The van der Waals surface area contributed by atoms with Crippen molar-refractivity contribution in [3.8, 4) is 0 Å². The third-order valence-corrected chi connectivity index (χ3v) is 4.23. The van der Waals surface area contributed by atoms with Gasteiger partial charge in [-0.1, -0.05) is 47.0 Å².